The van der Waals surface area contributed by atoms with Crippen molar-refractivity contribution in [3.63, 3.8) is 0 Å². The van der Waals surface area contributed by atoms with Crippen LogP contribution < -0.4 is 15.7 Å². The van der Waals surface area contributed by atoms with Crippen LogP contribution >= 0.6 is 11.6 Å². The lowest BCUT2D eigenvalue weighted by Gasteiger charge is -2.16. The highest BCUT2D eigenvalue weighted by Gasteiger charge is 2.17. The molecule has 10 heteroatoms. The minimum absolute atomic E-state index is 0.00404. The Bertz CT molecular complexity index is 1460. The number of aromatic amines is 2. The van der Waals surface area contributed by atoms with E-state index in [2.05, 4.69) is 20.0 Å². The van der Waals surface area contributed by atoms with Crippen LogP contribution in [0.2, 0.25) is 5.02 Å². The van der Waals surface area contributed by atoms with Gasteiger partial charge in [-0.05, 0) is 61.0 Å². The molecule has 164 valence electrons. The van der Waals surface area contributed by atoms with Gasteiger partial charge in [0.05, 0.1) is 22.0 Å². The molecule has 0 bridgehead atoms. The highest BCUT2D eigenvalue weighted by Crippen LogP contribution is 2.23. The molecule has 0 spiro atoms. The van der Waals surface area contributed by atoms with Crippen molar-refractivity contribution in [2.24, 2.45) is 0 Å². The maximum atomic E-state index is 12.7. The molecule has 0 fully saturated rings. The van der Waals surface area contributed by atoms with Gasteiger partial charge in [-0.25, -0.2) is 13.2 Å². The zero-order chi connectivity index (χ0) is 22.9. The highest BCUT2D eigenvalue weighted by atomic mass is 35.5. The fraction of sp³-hybridized carbons (Fsp3) is 0.0909. The molecule has 0 aliphatic carbocycles. The zero-order valence-corrected chi connectivity index (χ0v) is 18.4. The van der Waals surface area contributed by atoms with Gasteiger partial charge >= 0.3 is 5.69 Å². The molecule has 3 aromatic carbocycles. The Morgan fingerprint density at radius 3 is 2.38 bits per heavy atom. The average molecular weight is 471 g/mol. The number of amides is 1. The van der Waals surface area contributed by atoms with Crippen LogP contribution in [0, 0.1) is 0 Å². The number of fused-ring (bicyclic) bond motifs is 1. The predicted octanol–water partition coefficient (Wildman–Crippen LogP) is 3.80. The van der Waals surface area contributed by atoms with Gasteiger partial charge in [0.2, 0.25) is 0 Å². The summed E-state index contributed by atoms with van der Waals surface area (Å²) in [6, 6.07) is 17.3. The first-order valence-electron chi connectivity index (χ1n) is 9.63. The number of carbonyl (C=O) groups is 1. The van der Waals surface area contributed by atoms with Gasteiger partial charge in [0, 0.05) is 16.3 Å². The summed E-state index contributed by atoms with van der Waals surface area (Å²) in [5.41, 5.74) is 1.95. The molecule has 0 saturated heterocycles. The maximum absolute atomic E-state index is 12.7. The van der Waals surface area contributed by atoms with Crippen LogP contribution in [0.1, 0.15) is 28.9 Å². The molecule has 0 aliphatic heterocycles. The Labute approximate surface area is 188 Å². The fourth-order valence-electron chi connectivity index (χ4n) is 3.27. The minimum atomic E-state index is -3.89. The average Bonchev–Trinajstić information content (AvgIpc) is 3.13. The van der Waals surface area contributed by atoms with Crippen molar-refractivity contribution in [3.05, 3.63) is 93.4 Å². The number of H-pyrrole nitrogens is 2. The number of carbonyl (C=O) groups excluding carboxylic acids is 1. The van der Waals surface area contributed by atoms with Gasteiger partial charge in [-0.2, -0.15) is 0 Å². The smallest absolute Gasteiger partial charge is 0.323 e. The van der Waals surface area contributed by atoms with E-state index in [0.29, 0.717) is 27.3 Å². The lowest BCUT2D eigenvalue weighted by molar-refractivity contribution is 0.0940. The molecule has 0 saturated carbocycles. The second-order valence-corrected chi connectivity index (χ2v) is 9.28. The van der Waals surface area contributed by atoms with Gasteiger partial charge in [0.25, 0.3) is 15.9 Å². The summed E-state index contributed by atoms with van der Waals surface area (Å²) in [4.78, 5) is 29.0. The number of aromatic nitrogens is 2. The van der Waals surface area contributed by atoms with E-state index in [9.17, 15) is 18.0 Å². The Balaban J connectivity index is 1.47. The number of anilines is 1. The van der Waals surface area contributed by atoms with Crippen molar-refractivity contribution in [2.45, 2.75) is 17.9 Å². The second kappa shape index (κ2) is 8.52. The molecule has 0 radical (unpaired) electrons. The molecule has 0 aliphatic rings. The van der Waals surface area contributed by atoms with Gasteiger partial charge in [0.15, 0.2) is 0 Å². The molecule has 1 amide bonds. The largest absolute Gasteiger partial charge is 0.345 e. The van der Waals surface area contributed by atoms with Crippen molar-refractivity contribution in [1.29, 1.82) is 0 Å². The molecule has 8 nitrogen and oxygen atoms in total. The molecule has 1 heterocycles. The topological polar surface area (TPSA) is 124 Å². The Morgan fingerprint density at radius 2 is 1.66 bits per heavy atom. The lowest BCUT2D eigenvalue weighted by atomic mass is 10.1. The normalized spacial score (nSPS) is 12.4. The fourth-order valence-corrected chi connectivity index (χ4v) is 4.65. The van der Waals surface area contributed by atoms with Crippen LogP contribution in [0.15, 0.2) is 76.4 Å². The number of hydrogen-bond donors (Lipinski definition) is 4. The first kappa shape index (κ1) is 21.7. The standard InChI is InChI=1S/C22H19ClN4O4S/c1-13(17-4-2-3-5-18(17)23)24-21(28)14-6-8-15(9-7-14)27-32(30,31)16-10-11-19-20(12-16)26-22(29)25-19/h2-13,27H,1H3,(H,24,28)(H2,25,26,29). The van der Waals surface area contributed by atoms with Crippen LogP contribution in [0.4, 0.5) is 5.69 Å². The number of benzene rings is 3. The molecule has 4 aromatic rings. The summed E-state index contributed by atoms with van der Waals surface area (Å²) in [6.07, 6.45) is 0. The number of hydrogen-bond acceptors (Lipinski definition) is 4. The van der Waals surface area contributed by atoms with E-state index in [-0.39, 0.29) is 16.8 Å². The molecule has 4 rings (SSSR count). The third kappa shape index (κ3) is 4.53. The molecular weight excluding hydrogens is 452 g/mol. The van der Waals surface area contributed by atoms with Crippen LogP contribution in [0.5, 0.6) is 0 Å². The van der Waals surface area contributed by atoms with Crippen LogP contribution in [-0.2, 0) is 10.0 Å². The van der Waals surface area contributed by atoms with Crippen molar-refractivity contribution in [2.75, 3.05) is 4.72 Å². The van der Waals surface area contributed by atoms with Gasteiger partial charge < -0.3 is 15.3 Å². The summed E-state index contributed by atoms with van der Waals surface area (Å²) in [5, 5.41) is 3.43. The van der Waals surface area contributed by atoms with Crippen molar-refractivity contribution in [1.82, 2.24) is 15.3 Å². The molecular formula is C22H19ClN4O4S. The summed E-state index contributed by atoms with van der Waals surface area (Å²) < 4.78 is 27.9. The summed E-state index contributed by atoms with van der Waals surface area (Å²) in [6.45, 7) is 1.83. The van der Waals surface area contributed by atoms with E-state index >= 15 is 0 Å². The van der Waals surface area contributed by atoms with Crippen molar-refractivity contribution < 1.29 is 13.2 Å². The molecule has 4 N–H and O–H groups in total. The minimum Gasteiger partial charge on any atom is -0.345 e. The third-order valence-corrected chi connectivity index (χ3v) is 6.64. The lowest BCUT2D eigenvalue weighted by Crippen LogP contribution is -2.26. The number of halogens is 1. The van der Waals surface area contributed by atoms with Gasteiger partial charge in [-0.1, -0.05) is 29.8 Å². The van der Waals surface area contributed by atoms with E-state index in [4.69, 9.17) is 11.6 Å². The number of nitrogens with one attached hydrogen (secondary N) is 4. The number of sulfonamides is 1. The molecule has 1 aromatic heterocycles. The van der Waals surface area contributed by atoms with Gasteiger partial charge in [0.1, 0.15) is 0 Å². The van der Waals surface area contributed by atoms with E-state index < -0.39 is 15.7 Å². The molecule has 1 unspecified atom stereocenters. The predicted molar refractivity (Wildman–Crippen MR) is 124 cm³/mol. The van der Waals surface area contributed by atoms with Crippen molar-refractivity contribution >= 4 is 44.3 Å². The summed E-state index contributed by atoms with van der Waals surface area (Å²) in [5.74, 6) is -0.311. The maximum Gasteiger partial charge on any atom is 0.323 e. The molecule has 32 heavy (non-hydrogen) atoms. The van der Waals surface area contributed by atoms with Gasteiger partial charge in [-0.15, -0.1) is 0 Å². The van der Waals surface area contributed by atoms with E-state index in [0.717, 1.165) is 5.56 Å². The quantitative estimate of drug-likeness (QED) is 0.342. The zero-order valence-electron chi connectivity index (χ0n) is 16.8. The Hall–Kier alpha value is -3.56. The van der Waals surface area contributed by atoms with E-state index in [1.165, 1.54) is 42.5 Å². The highest BCUT2D eigenvalue weighted by molar-refractivity contribution is 7.92. The summed E-state index contributed by atoms with van der Waals surface area (Å²) in [7, 11) is -3.89. The second-order valence-electron chi connectivity index (χ2n) is 7.19. The Kier molecular flexibility index (Phi) is 5.77. The molecule has 1 atom stereocenters. The monoisotopic (exact) mass is 470 g/mol. The SMILES string of the molecule is CC(NC(=O)c1ccc(NS(=O)(=O)c2ccc3[nH]c(=O)[nH]c3c2)cc1)c1ccccc1Cl. The number of rotatable bonds is 6. The third-order valence-electron chi connectivity index (χ3n) is 4.92. The first-order valence-corrected chi connectivity index (χ1v) is 11.5. The van der Waals surface area contributed by atoms with Gasteiger partial charge in [-0.3, -0.25) is 9.52 Å². The van der Waals surface area contributed by atoms with Crippen LogP contribution in [0.3, 0.4) is 0 Å². The summed E-state index contributed by atoms with van der Waals surface area (Å²) >= 11 is 6.18. The number of imidazole rings is 1. The van der Waals surface area contributed by atoms with Crippen LogP contribution in [-0.4, -0.2) is 24.3 Å². The van der Waals surface area contributed by atoms with Crippen molar-refractivity contribution in [3.8, 4) is 0 Å². The van der Waals surface area contributed by atoms with E-state index in [1.807, 2.05) is 25.1 Å². The Morgan fingerprint density at radius 1 is 0.969 bits per heavy atom. The first-order chi connectivity index (χ1) is 15.2. The van der Waals surface area contributed by atoms with Crippen LogP contribution in [0.25, 0.3) is 11.0 Å². The van der Waals surface area contributed by atoms with E-state index in [1.54, 1.807) is 6.07 Å².